The number of amides is 1. The molecule has 2 N–H and O–H groups in total. The third kappa shape index (κ3) is 8.76. The number of rotatable bonds is 14. The summed E-state index contributed by atoms with van der Waals surface area (Å²) in [7, 11) is 8.43. The summed E-state index contributed by atoms with van der Waals surface area (Å²) in [6, 6.07) is 10.3. The SMILES string of the molecule is COc1cc(OC)c(Cl)c(-c2cc3cnc(NC(C)C)nc3n(Cc3cccc(NC(=O)/C=C/C[N+](C)(C)Cc4c([N+](=O)[O-])ncn4C)c3)c2=O)c1Cl. The van der Waals surface area contributed by atoms with Gasteiger partial charge in [0.2, 0.25) is 18.2 Å². The lowest BCUT2D eigenvalue weighted by Gasteiger charge is -2.27. The van der Waals surface area contributed by atoms with Gasteiger partial charge in [-0.3, -0.25) is 14.2 Å². The van der Waals surface area contributed by atoms with Crippen LogP contribution in [0.1, 0.15) is 25.1 Å². The van der Waals surface area contributed by atoms with Gasteiger partial charge in [-0.15, -0.1) is 0 Å². The number of pyridine rings is 1. The minimum atomic E-state index is -0.499. The molecule has 0 fully saturated rings. The quantitative estimate of drug-likeness (QED) is 0.0587. The van der Waals surface area contributed by atoms with Crippen LogP contribution in [0, 0.1) is 10.1 Å². The van der Waals surface area contributed by atoms with Gasteiger partial charge in [-0.05, 0) is 53.6 Å². The van der Waals surface area contributed by atoms with Crippen LogP contribution in [0.4, 0.5) is 17.5 Å². The van der Waals surface area contributed by atoms with Crippen molar-refractivity contribution in [3.63, 3.8) is 0 Å². The number of ether oxygens (including phenoxy) is 2. The number of anilines is 2. The molecule has 0 saturated heterocycles. The first-order chi connectivity index (χ1) is 25.1. The number of benzene rings is 2. The molecule has 0 aliphatic rings. The monoisotopic (exact) mass is 764 g/mol. The van der Waals surface area contributed by atoms with Crippen LogP contribution < -0.4 is 25.7 Å². The summed E-state index contributed by atoms with van der Waals surface area (Å²) in [5, 5.41) is 18.3. The minimum Gasteiger partial charge on any atom is -0.495 e. The predicted molar refractivity (Wildman–Crippen MR) is 205 cm³/mol. The van der Waals surface area contributed by atoms with Crippen molar-refractivity contribution >= 4 is 57.6 Å². The zero-order valence-electron chi connectivity index (χ0n) is 30.3. The Morgan fingerprint density at radius 3 is 2.43 bits per heavy atom. The molecular formula is C36H40Cl2N9O6+. The van der Waals surface area contributed by atoms with Gasteiger partial charge in [-0.2, -0.15) is 4.98 Å². The molecule has 5 rings (SSSR count). The van der Waals surface area contributed by atoms with E-state index in [2.05, 4.69) is 20.6 Å². The number of fused-ring (bicyclic) bond motifs is 1. The first kappa shape index (κ1) is 38.7. The van der Waals surface area contributed by atoms with Gasteiger partial charge in [0.15, 0.2) is 5.69 Å². The van der Waals surface area contributed by atoms with Crippen LogP contribution in [0.3, 0.4) is 0 Å². The molecule has 0 saturated carbocycles. The number of carbonyl (C=O) groups excluding carboxylic acids is 1. The average molecular weight is 766 g/mol. The van der Waals surface area contributed by atoms with E-state index in [-0.39, 0.29) is 57.0 Å². The highest BCUT2D eigenvalue weighted by Gasteiger charge is 2.27. The minimum absolute atomic E-state index is 0.0375. The van der Waals surface area contributed by atoms with E-state index in [1.807, 2.05) is 34.0 Å². The summed E-state index contributed by atoms with van der Waals surface area (Å²) in [6.45, 7) is 4.73. The molecule has 17 heteroatoms. The van der Waals surface area contributed by atoms with Crippen molar-refractivity contribution in [2.24, 2.45) is 7.05 Å². The number of hydrogen-bond donors (Lipinski definition) is 2. The molecule has 0 aliphatic heterocycles. The van der Waals surface area contributed by atoms with E-state index in [9.17, 15) is 19.7 Å². The highest BCUT2D eigenvalue weighted by atomic mass is 35.5. The lowest BCUT2D eigenvalue weighted by molar-refractivity contribution is -0.898. The molecule has 0 bridgehead atoms. The molecule has 3 heterocycles. The zero-order valence-corrected chi connectivity index (χ0v) is 31.8. The number of nitrogens with zero attached hydrogens (tertiary/aromatic N) is 7. The van der Waals surface area contributed by atoms with Crippen LogP contribution in [-0.2, 0) is 24.9 Å². The molecule has 53 heavy (non-hydrogen) atoms. The Hall–Kier alpha value is -5.51. The van der Waals surface area contributed by atoms with Crippen LogP contribution in [-0.4, -0.2) is 80.3 Å². The van der Waals surface area contributed by atoms with Gasteiger partial charge in [-0.1, -0.05) is 35.3 Å². The number of aromatic nitrogens is 5. The van der Waals surface area contributed by atoms with Gasteiger partial charge in [-0.25, -0.2) is 4.98 Å². The summed E-state index contributed by atoms with van der Waals surface area (Å²) in [6.07, 6.45) is 6.16. The molecule has 0 unspecified atom stereocenters. The lowest BCUT2D eigenvalue weighted by atomic mass is 10.0. The second-order valence-corrected chi connectivity index (χ2v) is 14.0. The Morgan fingerprint density at radius 1 is 1.09 bits per heavy atom. The maximum Gasteiger partial charge on any atom is 0.390 e. The molecule has 3 aromatic heterocycles. The Balaban J connectivity index is 1.44. The van der Waals surface area contributed by atoms with E-state index in [4.69, 9.17) is 37.7 Å². The van der Waals surface area contributed by atoms with Gasteiger partial charge in [0.1, 0.15) is 23.7 Å². The Labute approximate surface area is 315 Å². The van der Waals surface area contributed by atoms with E-state index in [0.29, 0.717) is 51.5 Å². The van der Waals surface area contributed by atoms with E-state index < -0.39 is 10.5 Å². The highest BCUT2D eigenvalue weighted by molar-refractivity contribution is 6.41. The number of carbonyl (C=O) groups is 1. The van der Waals surface area contributed by atoms with E-state index in [1.54, 1.807) is 54.2 Å². The van der Waals surface area contributed by atoms with Gasteiger partial charge < -0.3 is 39.3 Å². The Kier molecular flexibility index (Phi) is 11.7. The standard InChI is InChI=1S/C36H39Cl2N9O6/c1-21(2)41-36-39-17-23-15-25(30-31(37)27(52-6)16-28(53-7)32(30)38)35(49)45(33(23)43-36)18-22-10-8-11-24(14-22)42-29(48)12-9-13-47(4,5)19-26-34(46(50)51)40-20-44(26)3/h8-12,14-17,20-21H,13,18-19H2,1-7H3,(H-,39,41,42,43,48,49)/p+1/b12-9+. The fourth-order valence-electron chi connectivity index (χ4n) is 5.74. The third-order valence-electron chi connectivity index (χ3n) is 8.28. The van der Waals surface area contributed by atoms with Crippen molar-refractivity contribution in [3.05, 3.63) is 103 Å². The number of likely N-dealkylation sites (N-methyl/N-ethyl adjacent to an activating group) is 1. The molecule has 0 aliphatic carbocycles. The summed E-state index contributed by atoms with van der Waals surface area (Å²) in [5.74, 6) is 0.348. The van der Waals surface area contributed by atoms with Crippen molar-refractivity contribution in [2.45, 2.75) is 33.0 Å². The first-order valence-electron chi connectivity index (χ1n) is 16.4. The molecule has 0 spiro atoms. The number of nitro groups is 1. The molecule has 0 atom stereocenters. The summed E-state index contributed by atoms with van der Waals surface area (Å²) in [5.41, 5.74) is 2.05. The fraction of sp³-hybridized carbons (Fsp3) is 0.306. The molecule has 2 aromatic carbocycles. The predicted octanol–water partition coefficient (Wildman–Crippen LogP) is 6.06. The fourth-order valence-corrected chi connectivity index (χ4v) is 6.45. The molecular weight excluding hydrogens is 725 g/mol. The first-order valence-corrected chi connectivity index (χ1v) is 17.2. The van der Waals surface area contributed by atoms with Crippen LogP contribution in [0.15, 0.2) is 65.9 Å². The maximum absolute atomic E-state index is 14.4. The van der Waals surface area contributed by atoms with Crippen LogP contribution in [0.25, 0.3) is 22.2 Å². The highest BCUT2D eigenvalue weighted by Crippen LogP contribution is 2.45. The number of halogens is 2. The van der Waals surface area contributed by atoms with Gasteiger partial charge in [0, 0.05) is 48.1 Å². The second kappa shape index (κ2) is 16.0. The van der Waals surface area contributed by atoms with Crippen molar-refractivity contribution in [1.82, 2.24) is 24.1 Å². The largest absolute Gasteiger partial charge is 0.495 e. The number of imidazole rings is 1. The average Bonchev–Trinajstić information content (AvgIpc) is 3.45. The molecule has 278 valence electrons. The summed E-state index contributed by atoms with van der Waals surface area (Å²) >= 11 is 13.5. The van der Waals surface area contributed by atoms with E-state index >= 15 is 0 Å². The molecule has 0 radical (unpaired) electrons. The molecule has 1 amide bonds. The van der Waals surface area contributed by atoms with E-state index in [0.717, 1.165) is 0 Å². The third-order valence-corrected chi connectivity index (χ3v) is 9.03. The van der Waals surface area contributed by atoms with Crippen molar-refractivity contribution in [2.75, 3.05) is 45.5 Å². The Morgan fingerprint density at radius 2 is 1.79 bits per heavy atom. The summed E-state index contributed by atoms with van der Waals surface area (Å²) in [4.78, 5) is 51.3. The number of quaternary nitrogens is 1. The van der Waals surface area contributed by atoms with Gasteiger partial charge >= 0.3 is 5.82 Å². The zero-order chi connectivity index (χ0) is 38.6. The molecule has 15 nitrogen and oxygen atoms in total. The lowest BCUT2D eigenvalue weighted by Crippen LogP contribution is -2.39. The van der Waals surface area contributed by atoms with Crippen molar-refractivity contribution in [1.29, 1.82) is 0 Å². The second-order valence-electron chi connectivity index (χ2n) is 13.3. The molecule has 5 aromatic rings. The van der Waals surface area contributed by atoms with Crippen molar-refractivity contribution in [3.8, 4) is 22.6 Å². The van der Waals surface area contributed by atoms with Gasteiger partial charge in [0.25, 0.3) is 5.56 Å². The maximum atomic E-state index is 14.4. The topological polar surface area (TPSA) is 168 Å². The summed E-state index contributed by atoms with van der Waals surface area (Å²) < 4.78 is 14.4. The van der Waals surface area contributed by atoms with E-state index in [1.165, 1.54) is 31.2 Å². The van der Waals surface area contributed by atoms with Crippen LogP contribution >= 0.6 is 23.2 Å². The Bertz CT molecular complexity index is 2260. The smallest absolute Gasteiger partial charge is 0.390 e. The normalized spacial score (nSPS) is 11.7. The number of nitrogens with one attached hydrogen (secondary N) is 2. The van der Waals surface area contributed by atoms with Gasteiger partial charge in [0.05, 0.1) is 57.0 Å². The number of aryl methyl sites for hydroxylation is 1. The van der Waals surface area contributed by atoms with Crippen molar-refractivity contribution < 1.29 is 23.7 Å². The number of hydrogen-bond acceptors (Lipinski definition) is 10. The van der Waals surface area contributed by atoms with Crippen LogP contribution in [0.5, 0.6) is 11.5 Å². The number of methoxy groups -OCH3 is 2. The van der Waals surface area contributed by atoms with Crippen LogP contribution in [0.2, 0.25) is 10.0 Å².